The second-order valence-electron chi connectivity index (χ2n) is 4.31. The van der Waals surface area contributed by atoms with Crippen LogP contribution >= 0.6 is 0 Å². The summed E-state index contributed by atoms with van der Waals surface area (Å²) in [5.41, 5.74) is 1.56. The molecule has 0 bridgehead atoms. The van der Waals surface area contributed by atoms with Crippen LogP contribution in [0.25, 0.3) is 22.2 Å². The molecule has 7 nitrogen and oxygen atoms in total. The Hall–Kier alpha value is -3.09. The zero-order valence-electron chi connectivity index (χ0n) is 11.1. The predicted molar refractivity (Wildman–Crippen MR) is 79.0 cm³/mol. The second kappa shape index (κ2) is 5.12. The van der Waals surface area contributed by atoms with Crippen molar-refractivity contribution >= 4 is 22.5 Å². The Labute approximate surface area is 119 Å². The van der Waals surface area contributed by atoms with E-state index in [-0.39, 0.29) is 11.4 Å². The van der Waals surface area contributed by atoms with E-state index in [0.29, 0.717) is 11.5 Å². The quantitative estimate of drug-likeness (QED) is 0.586. The molecule has 104 valence electrons. The molecule has 0 aliphatic rings. The largest absolute Gasteiger partial charge is 0.357 e. The molecule has 3 aromatic rings. The molecule has 0 aliphatic carbocycles. The van der Waals surface area contributed by atoms with Gasteiger partial charge in [0.15, 0.2) is 5.69 Å². The highest BCUT2D eigenvalue weighted by Gasteiger charge is 2.20. The van der Waals surface area contributed by atoms with E-state index in [0.717, 1.165) is 10.9 Å². The minimum atomic E-state index is -0.482. The van der Waals surface area contributed by atoms with Crippen LogP contribution in [0.2, 0.25) is 0 Å². The maximum Gasteiger partial charge on any atom is 0.313 e. The van der Waals surface area contributed by atoms with Crippen LogP contribution < -0.4 is 5.32 Å². The molecule has 0 amide bonds. The van der Waals surface area contributed by atoms with Crippen LogP contribution in [0.15, 0.2) is 42.7 Å². The summed E-state index contributed by atoms with van der Waals surface area (Å²) in [6, 6.07) is 9.10. The van der Waals surface area contributed by atoms with Crippen molar-refractivity contribution in [3.63, 3.8) is 0 Å². The summed E-state index contributed by atoms with van der Waals surface area (Å²) >= 11 is 0. The first-order chi connectivity index (χ1) is 10.2. The number of anilines is 1. The highest BCUT2D eigenvalue weighted by molar-refractivity contribution is 5.95. The lowest BCUT2D eigenvalue weighted by atomic mass is 10.0. The molecule has 2 aromatic heterocycles. The Bertz CT molecular complexity index is 829. The average molecular weight is 281 g/mol. The van der Waals surface area contributed by atoms with Crippen molar-refractivity contribution < 1.29 is 4.92 Å². The summed E-state index contributed by atoms with van der Waals surface area (Å²) in [4.78, 5) is 23.1. The van der Waals surface area contributed by atoms with Gasteiger partial charge < -0.3 is 5.32 Å². The second-order valence-corrected chi connectivity index (χ2v) is 4.31. The van der Waals surface area contributed by atoms with Gasteiger partial charge in [-0.25, -0.2) is 9.97 Å². The summed E-state index contributed by atoms with van der Waals surface area (Å²) in [6.45, 7) is 0. The maximum absolute atomic E-state index is 11.2. The maximum atomic E-state index is 11.2. The van der Waals surface area contributed by atoms with Crippen molar-refractivity contribution in [3.05, 3.63) is 52.8 Å². The predicted octanol–water partition coefficient (Wildman–Crippen LogP) is 2.64. The molecule has 7 heteroatoms. The fourth-order valence-electron chi connectivity index (χ4n) is 2.14. The Balaban J connectivity index is 2.34. The van der Waals surface area contributed by atoms with Gasteiger partial charge in [-0.2, -0.15) is 0 Å². The van der Waals surface area contributed by atoms with E-state index < -0.39 is 4.92 Å². The Morgan fingerprint density at radius 2 is 2.05 bits per heavy atom. The van der Waals surface area contributed by atoms with Gasteiger partial charge in [0, 0.05) is 24.2 Å². The fourth-order valence-corrected chi connectivity index (χ4v) is 2.14. The monoisotopic (exact) mass is 281 g/mol. The Kier molecular flexibility index (Phi) is 3.15. The molecule has 0 fully saturated rings. The molecule has 1 N–H and O–H groups in total. The van der Waals surface area contributed by atoms with Crippen LogP contribution in [-0.2, 0) is 0 Å². The van der Waals surface area contributed by atoms with Crippen molar-refractivity contribution in [2.75, 3.05) is 12.4 Å². The normalized spacial score (nSPS) is 10.5. The average Bonchev–Trinajstić information content (AvgIpc) is 2.53. The summed E-state index contributed by atoms with van der Waals surface area (Å²) in [6.07, 6.45) is 2.89. The van der Waals surface area contributed by atoms with Gasteiger partial charge in [0.1, 0.15) is 6.20 Å². The molecule has 0 spiro atoms. The first-order valence-electron chi connectivity index (χ1n) is 6.24. The molecular weight excluding hydrogens is 270 g/mol. The van der Waals surface area contributed by atoms with Crippen LogP contribution in [0.3, 0.4) is 0 Å². The number of fused-ring (bicyclic) bond motifs is 1. The SMILES string of the molecule is CNc1ncc([N+](=O)[O-])c(-c2cccc3ncccc23)n1. The third-order valence-electron chi connectivity index (χ3n) is 3.09. The number of aromatic nitrogens is 3. The molecule has 1 aromatic carbocycles. The van der Waals surface area contributed by atoms with Crippen LogP contribution in [-0.4, -0.2) is 26.9 Å². The van der Waals surface area contributed by atoms with Crippen LogP contribution in [0.5, 0.6) is 0 Å². The van der Waals surface area contributed by atoms with Crippen molar-refractivity contribution in [2.24, 2.45) is 0 Å². The standard InChI is InChI=1S/C14H11N5O2/c1-15-14-17-8-12(19(20)21)13(18-14)10-4-2-6-11-9(10)5-3-7-16-11/h2-8H,1H3,(H,15,17,18). The van der Waals surface area contributed by atoms with Gasteiger partial charge >= 0.3 is 5.69 Å². The van der Waals surface area contributed by atoms with E-state index in [1.165, 1.54) is 6.20 Å². The van der Waals surface area contributed by atoms with Gasteiger partial charge in [0.25, 0.3) is 0 Å². The zero-order chi connectivity index (χ0) is 14.8. The molecule has 0 aliphatic heterocycles. The summed E-state index contributed by atoms with van der Waals surface area (Å²) < 4.78 is 0. The van der Waals surface area contributed by atoms with Gasteiger partial charge in [-0.05, 0) is 12.1 Å². The van der Waals surface area contributed by atoms with E-state index >= 15 is 0 Å². The molecule has 3 rings (SSSR count). The van der Waals surface area contributed by atoms with Crippen LogP contribution in [0.1, 0.15) is 0 Å². The molecule has 0 atom stereocenters. The highest BCUT2D eigenvalue weighted by Crippen LogP contribution is 2.32. The lowest BCUT2D eigenvalue weighted by Gasteiger charge is -2.07. The topological polar surface area (TPSA) is 93.8 Å². The first-order valence-corrected chi connectivity index (χ1v) is 6.24. The van der Waals surface area contributed by atoms with Gasteiger partial charge in [-0.3, -0.25) is 15.1 Å². The molecule has 0 radical (unpaired) electrons. The number of hydrogen-bond donors (Lipinski definition) is 1. The van der Waals surface area contributed by atoms with Crippen LogP contribution in [0.4, 0.5) is 11.6 Å². The summed E-state index contributed by atoms with van der Waals surface area (Å²) in [7, 11) is 1.66. The molecule has 0 unspecified atom stereocenters. The minimum absolute atomic E-state index is 0.134. The van der Waals surface area contributed by atoms with E-state index in [2.05, 4.69) is 20.3 Å². The molecule has 21 heavy (non-hydrogen) atoms. The van der Waals surface area contributed by atoms with E-state index in [9.17, 15) is 10.1 Å². The van der Waals surface area contributed by atoms with E-state index in [1.54, 1.807) is 31.4 Å². The van der Waals surface area contributed by atoms with E-state index in [4.69, 9.17) is 0 Å². The van der Waals surface area contributed by atoms with Gasteiger partial charge in [-0.1, -0.05) is 18.2 Å². The van der Waals surface area contributed by atoms with Gasteiger partial charge in [0.05, 0.1) is 10.4 Å². The number of nitro groups is 1. The van der Waals surface area contributed by atoms with Crippen LogP contribution in [0, 0.1) is 10.1 Å². The third kappa shape index (κ3) is 2.25. The number of nitrogens with zero attached hydrogens (tertiary/aromatic N) is 4. The number of rotatable bonds is 3. The third-order valence-corrected chi connectivity index (χ3v) is 3.09. The Morgan fingerprint density at radius 3 is 2.81 bits per heavy atom. The fraction of sp³-hybridized carbons (Fsp3) is 0.0714. The summed E-state index contributed by atoms with van der Waals surface area (Å²) in [5.74, 6) is 0.330. The minimum Gasteiger partial charge on any atom is -0.357 e. The smallest absolute Gasteiger partial charge is 0.313 e. The first kappa shape index (κ1) is 12.9. The van der Waals surface area contributed by atoms with Crippen molar-refractivity contribution in [1.82, 2.24) is 15.0 Å². The van der Waals surface area contributed by atoms with Crippen molar-refractivity contribution in [2.45, 2.75) is 0 Å². The van der Waals surface area contributed by atoms with Crippen molar-refractivity contribution in [1.29, 1.82) is 0 Å². The summed E-state index contributed by atoms with van der Waals surface area (Å²) in [5, 5.41) is 14.8. The zero-order valence-corrected chi connectivity index (χ0v) is 11.1. The van der Waals surface area contributed by atoms with Gasteiger partial charge in [0.2, 0.25) is 5.95 Å². The Morgan fingerprint density at radius 1 is 1.19 bits per heavy atom. The number of hydrogen-bond acceptors (Lipinski definition) is 6. The highest BCUT2D eigenvalue weighted by atomic mass is 16.6. The molecule has 2 heterocycles. The molecule has 0 saturated heterocycles. The molecular formula is C14H11N5O2. The van der Waals surface area contributed by atoms with E-state index in [1.807, 2.05) is 12.1 Å². The molecule has 0 saturated carbocycles. The number of pyridine rings is 1. The lowest BCUT2D eigenvalue weighted by Crippen LogP contribution is -2.02. The van der Waals surface area contributed by atoms with Gasteiger partial charge in [-0.15, -0.1) is 0 Å². The number of nitrogens with one attached hydrogen (secondary N) is 1. The number of benzene rings is 1. The lowest BCUT2D eigenvalue weighted by molar-refractivity contribution is -0.384. The van der Waals surface area contributed by atoms with Crippen molar-refractivity contribution in [3.8, 4) is 11.3 Å².